The summed E-state index contributed by atoms with van der Waals surface area (Å²) in [6.45, 7) is 5.13. The monoisotopic (exact) mass is 366 g/mol. The van der Waals surface area contributed by atoms with Crippen LogP contribution in [0.4, 0.5) is 4.79 Å². The van der Waals surface area contributed by atoms with Crippen LogP contribution in [-0.2, 0) is 16.9 Å². The summed E-state index contributed by atoms with van der Waals surface area (Å²) < 4.78 is 11.4. The molecule has 6 heteroatoms. The van der Waals surface area contributed by atoms with E-state index in [0.29, 0.717) is 30.3 Å². The second-order valence-electron chi connectivity index (χ2n) is 7.14. The molecule has 0 aromatic heterocycles. The zero-order valence-corrected chi connectivity index (χ0v) is 15.5. The average Bonchev–Trinajstić information content (AvgIpc) is 2.84. The highest BCUT2D eigenvalue weighted by Gasteiger charge is 2.49. The molecule has 0 unspecified atom stereocenters. The van der Waals surface area contributed by atoms with Crippen molar-refractivity contribution in [2.24, 2.45) is 0 Å². The summed E-state index contributed by atoms with van der Waals surface area (Å²) in [6.07, 6.45) is 0.807. The second kappa shape index (κ2) is 6.61. The van der Waals surface area contributed by atoms with E-state index >= 15 is 0 Å². The van der Waals surface area contributed by atoms with Crippen molar-refractivity contribution in [2.45, 2.75) is 32.4 Å². The van der Waals surface area contributed by atoms with E-state index in [4.69, 9.17) is 9.47 Å². The third-order valence-electron chi connectivity index (χ3n) is 5.06. The predicted octanol–water partition coefficient (Wildman–Crippen LogP) is 3.12. The smallest absolute Gasteiger partial charge is 0.325 e. The van der Waals surface area contributed by atoms with E-state index in [2.05, 4.69) is 5.32 Å². The van der Waals surface area contributed by atoms with Gasteiger partial charge in [0, 0.05) is 6.42 Å². The van der Waals surface area contributed by atoms with Crippen molar-refractivity contribution >= 4 is 11.9 Å². The molecule has 0 radical (unpaired) electrons. The van der Waals surface area contributed by atoms with Gasteiger partial charge in [0.1, 0.15) is 5.54 Å². The summed E-state index contributed by atoms with van der Waals surface area (Å²) in [6, 6.07) is 12.8. The van der Waals surface area contributed by atoms with Gasteiger partial charge in [-0.2, -0.15) is 0 Å². The third kappa shape index (κ3) is 3.12. The molecule has 140 valence electrons. The Hall–Kier alpha value is -3.02. The van der Waals surface area contributed by atoms with Crippen LogP contribution in [0, 0.1) is 6.92 Å². The number of aryl methyl sites for hydroxylation is 1. The van der Waals surface area contributed by atoms with Crippen molar-refractivity contribution < 1.29 is 19.1 Å². The van der Waals surface area contributed by atoms with Gasteiger partial charge in [-0.15, -0.1) is 0 Å². The minimum absolute atomic E-state index is 0.241. The molecule has 2 aromatic rings. The standard InChI is InChI=1S/C21H22N2O4/c1-14-4-6-15(7-5-14)13-23-19(24)21(2,22-20(23)25)16-8-9-17-18(12-16)27-11-3-10-26-17/h4-9,12H,3,10-11,13H2,1-2H3,(H,22,25)/t21-/m0/s1. The third-order valence-corrected chi connectivity index (χ3v) is 5.06. The largest absolute Gasteiger partial charge is 0.490 e. The average molecular weight is 366 g/mol. The molecule has 3 amide bonds. The number of nitrogens with one attached hydrogen (secondary N) is 1. The first-order valence-corrected chi connectivity index (χ1v) is 9.07. The fourth-order valence-electron chi connectivity index (χ4n) is 3.39. The molecule has 0 saturated carbocycles. The number of amides is 3. The molecule has 2 aliphatic heterocycles. The van der Waals surface area contributed by atoms with Gasteiger partial charge in [0.05, 0.1) is 19.8 Å². The minimum atomic E-state index is -1.13. The number of carbonyl (C=O) groups is 2. The summed E-state index contributed by atoms with van der Waals surface area (Å²) in [5, 5.41) is 2.84. The molecule has 1 atom stereocenters. The van der Waals surface area contributed by atoms with Crippen molar-refractivity contribution in [3.05, 3.63) is 59.2 Å². The van der Waals surface area contributed by atoms with Crippen LogP contribution in [0.15, 0.2) is 42.5 Å². The van der Waals surface area contributed by atoms with Crippen molar-refractivity contribution in [1.82, 2.24) is 10.2 Å². The van der Waals surface area contributed by atoms with E-state index < -0.39 is 11.6 Å². The van der Waals surface area contributed by atoms with Gasteiger partial charge in [-0.25, -0.2) is 4.79 Å². The quantitative estimate of drug-likeness (QED) is 0.848. The molecule has 4 rings (SSSR count). The van der Waals surface area contributed by atoms with Crippen LogP contribution < -0.4 is 14.8 Å². The molecule has 1 N–H and O–H groups in total. The number of carbonyl (C=O) groups excluding carboxylic acids is 2. The SMILES string of the molecule is Cc1ccc(CN2C(=O)N[C@@](C)(c3ccc4c(c3)OCCCO4)C2=O)cc1. The van der Waals surface area contributed by atoms with Crippen LogP contribution in [0.1, 0.15) is 30.0 Å². The second-order valence-corrected chi connectivity index (χ2v) is 7.14. The van der Waals surface area contributed by atoms with Crippen LogP contribution in [-0.4, -0.2) is 30.1 Å². The van der Waals surface area contributed by atoms with Crippen LogP contribution in [0.3, 0.4) is 0 Å². The lowest BCUT2D eigenvalue weighted by molar-refractivity contribution is -0.131. The molecule has 2 aliphatic rings. The van der Waals surface area contributed by atoms with Crippen molar-refractivity contribution in [3.8, 4) is 11.5 Å². The highest BCUT2D eigenvalue weighted by molar-refractivity contribution is 6.07. The van der Waals surface area contributed by atoms with E-state index in [0.717, 1.165) is 17.5 Å². The Morgan fingerprint density at radius 2 is 1.74 bits per heavy atom. The van der Waals surface area contributed by atoms with Crippen LogP contribution >= 0.6 is 0 Å². The molecule has 0 bridgehead atoms. The number of rotatable bonds is 3. The highest BCUT2D eigenvalue weighted by Crippen LogP contribution is 2.37. The summed E-state index contributed by atoms with van der Waals surface area (Å²) in [5.74, 6) is 0.987. The molecular formula is C21H22N2O4. The number of nitrogens with zero attached hydrogens (tertiary/aromatic N) is 1. The van der Waals surface area contributed by atoms with Crippen LogP contribution in [0.25, 0.3) is 0 Å². The number of fused-ring (bicyclic) bond motifs is 1. The van der Waals surface area contributed by atoms with E-state index in [1.54, 1.807) is 25.1 Å². The van der Waals surface area contributed by atoms with Gasteiger partial charge in [-0.05, 0) is 37.1 Å². The van der Waals surface area contributed by atoms with Crippen molar-refractivity contribution in [3.63, 3.8) is 0 Å². The fourth-order valence-corrected chi connectivity index (χ4v) is 3.39. The Labute approximate surface area is 158 Å². The van der Waals surface area contributed by atoms with Crippen LogP contribution in [0.5, 0.6) is 11.5 Å². The minimum Gasteiger partial charge on any atom is -0.490 e. The summed E-state index contributed by atoms with van der Waals surface area (Å²) in [7, 11) is 0. The normalized spacial score (nSPS) is 21.8. The van der Waals surface area contributed by atoms with Crippen LogP contribution in [0.2, 0.25) is 0 Å². The van der Waals surface area contributed by atoms with Gasteiger partial charge in [-0.3, -0.25) is 9.69 Å². The van der Waals surface area contributed by atoms with E-state index in [-0.39, 0.29) is 12.5 Å². The molecule has 1 saturated heterocycles. The van der Waals surface area contributed by atoms with Gasteiger partial charge < -0.3 is 14.8 Å². The van der Waals surface area contributed by atoms with E-state index in [9.17, 15) is 9.59 Å². The molecule has 2 heterocycles. The van der Waals surface area contributed by atoms with Gasteiger partial charge in [0.15, 0.2) is 11.5 Å². The zero-order chi connectivity index (χ0) is 19.0. The lowest BCUT2D eigenvalue weighted by Gasteiger charge is -2.23. The summed E-state index contributed by atoms with van der Waals surface area (Å²) >= 11 is 0. The van der Waals surface area contributed by atoms with Crippen molar-refractivity contribution in [1.29, 1.82) is 0 Å². The van der Waals surface area contributed by atoms with E-state index in [1.807, 2.05) is 31.2 Å². The Balaban J connectivity index is 1.61. The summed E-state index contributed by atoms with van der Waals surface area (Å²) in [4.78, 5) is 26.9. The molecule has 6 nitrogen and oxygen atoms in total. The van der Waals surface area contributed by atoms with Gasteiger partial charge in [0.25, 0.3) is 5.91 Å². The lowest BCUT2D eigenvalue weighted by atomic mass is 9.91. The molecular weight excluding hydrogens is 344 g/mol. The predicted molar refractivity (Wildman–Crippen MR) is 99.7 cm³/mol. The number of imide groups is 1. The van der Waals surface area contributed by atoms with Gasteiger partial charge in [-0.1, -0.05) is 35.9 Å². The zero-order valence-electron chi connectivity index (χ0n) is 15.5. The maximum Gasteiger partial charge on any atom is 0.325 e. The fraction of sp³-hybridized carbons (Fsp3) is 0.333. The van der Waals surface area contributed by atoms with Gasteiger partial charge >= 0.3 is 6.03 Å². The first kappa shape index (κ1) is 17.4. The molecule has 2 aromatic carbocycles. The van der Waals surface area contributed by atoms with E-state index in [1.165, 1.54) is 4.90 Å². The molecule has 1 fully saturated rings. The molecule has 0 aliphatic carbocycles. The number of urea groups is 1. The number of benzene rings is 2. The maximum absolute atomic E-state index is 13.1. The molecule has 27 heavy (non-hydrogen) atoms. The number of hydrogen-bond donors (Lipinski definition) is 1. The Kier molecular flexibility index (Phi) is 4.26. The Morgan fingerprint density at radius 1 is 1.04 bits per heavy atom. The number of hydrogen-bond acceptors (Lipinski definition) is 4. The summed E-state index contributed by atoms with van der Waals surface area (Å²) in [5.41, 5.74) is 1.59. The first-order valence-electron chi connectivity index (χ1n) is 9.07. The molecule has 0 spiro atoms. The Morgan fingerprint density at radius 3 is 2.48 bits per heavy atom. The number of ether oxygens (including phenoxy) is 2. The van der Waals surface area contributed by atoms with Crippen molar-refractivity contribution in [2.75, 3.05) is 13.2 Å². The first-order chi connectivity index (χ1) is 13.0. The highest BCUT2D eigenvalue weighted by atomic mass is 16.5. The van der Waals surface area contributed by atoms with Gasteiger partial charge in [0.2, 0.25) is 0 Å². The topological polar surface area (TPSA) is 67.9 Å². The lowest BCUT2D eigenvalue weighted by Crippen LogP contribution is -2.40. The maximum atomic E-state index is 13.1. The Bertz CT molecular complexity index is 894.